The molecule has 1 heterocycles. The predicted octanol–water partition coefficient (Wildman–Crippen LogP) is -0.393. The quantitative estimate of drug-likeness (QED) is 0.476. The number of nitriles is 1. The van der Waals surface area contributed by atoms with Gasteiger partial charge in [-0.15, -0.1) is 0 Å². The van der Waals surface area contributed by atoms with E-state index in [1.54, 1.807) is 6.08 Å². The highest BCUT2D eigenvalue weighted by Crippen LogP contribution is 1.91. The summed E-state index contributed by atoms with van der Waals surface area (Å²) >= 11 is 0. The molecule has 1 aliphatic rings. The van der Waals surface area contributed by atoms with E-state index in [1.807, 2.05) is 6.07 Å². The fourth-order valence-corrected chi connectivity index (χ4v) is 0.667. The van der Waals surface area contributed by atoms with Crippen LogP contribution in [0.25, 0.3) is 0 Å². The van der Waals surface area contributed by atoms with Crippen molar-refractivity contribution < 1.29 is 4.79 Å². The van der Waals surface area contributed by atoms with Crippen molar-refractivity contribution in [2.24, 2.45) is 0 Å². The maximum atomic E-state index is 10.7. The molecule has 0 aromatic carbocycles. The molecular weight excluding hydrogens is 116 g/mol. The Morgan fingerprint density at radius 2 is 2.67 bits per heavy atom. The molecule has 1 unspecified atom stereocenters. The molecule has 0 fully saturated rings. The lowest BCUT2D eigenvalue weighted by Crippen LogP contribution is -2.37. The summed E-state index contributed by atoms with van der Waals surface area (Å²) in [4.78, 5) is 10.7. The number of hydrogen-bond acceptors (Lipinski definition) is 3. The SMILES string of the molecule is N#CC1NCC=CC1=O. The van der Waals surface area contributed by atoms with E-state index in [1.165, 1.54) is 6.08 Å². The van der Waals surface area contributed by atoms with Crippen LogP contribution in [0.3, 0.4) is 0 Å². The van der Waals surface area contributed by atoms with Gasteiger partial charge in [0.1, 0.15) is 0 Å². The minimum absolute atomic E-state index is 0.149. The van der Waals surface area contributed by atoms with Crippen LogP contribution in [0.5, 0.6) is 0 Å². The van der Waals surface area contributed by atoms with Crippen LogP contribution in [-0.4, -0.2) is 18.4 Å². The van der Waals surface area contributed by atoms with Crippen molar-refractivity contribution in [1.82, 2.24) is 5.32 Å². The molecule has 0 bridgehead atoms. The van der Waals surface area contributed by atoms with Gasteiger partial charge in [-0.05, 0) is 6.08 Å². The number of rotatable bonds is 0. The van der Waals surface area contributed by atoms with E-state index < -0.39 is 6.04 Å². The summed E-state index contributed by atoms with van der Waals surface area (Å²) in [6.07, 6.45) is 3.14. The second-order valence-corrected chi connectivity index (χ2v) is 1.78. The van der Waals surface area contributed by atoms with E-state index in [0.29, 0.717) is 6.54 Å². The molecule has 0 aliphatic carbocycles. The van der Waals surface area contributed by atoms with Crippen LogP contribution in [0.2, 0.25) is 0 Å². The second kappa shape index (κ2) is 2.42. The molecule has 9 heavy (non-hydrogen) atoms. The van der Waals surface area contributed by atoms with Crippen LogP contribution in [0.15, 0.2) is 12.2 Å². The Hall–Kier alpha value is -1.14. The Bertz CT molecular complexity index is 190. The molecule has 1 atom stereocenters. The molecule has 0 spiro atoms. The molecule has 0 radical (unpaired) electrons. The first kappa shape index (κ1) is 5.99. The van der Waals surface area contributed by atoms with Crippen molar-refractivity contribution in [3.05, 3.63) is 12.2 Å². The Kier molecular flexibility index (Phi) is 1.61. The van der Waals surface area contributed by atoms with Crippen LogP contribution in [0.4, 0.5) is 0 Å². The molecule has 1 rings (SSSR count). The Labute approximate surface area is 53.0 Å². The van der Waals surface area contributed by atoms with E-state index >= 15 is 0 Å². The smallest absolute Gasteiger partial charge is 0.186 e. The number of nitrogens with one attached hydrogen (secondary N) is 1. The fraction of sp³-hybridized carbons (Fsp3) is 0.333. The Morgan fingerprint density at radius 3 is 3.11 bits per heavy atom. The molecule has 3 nitrogen and oxygen atoms in total. The summed E-state index contributed by atoms with van der Waals surface area (Å²) in [6, 6.07) is 1.23. The van der Waals surface area contributed by atoms with E-state index in [2.05, 4.69) is 5.32 Å². The standard InChI is InChI=1S/C6H6N2O/c7-4-5-6(9)2-1-3-8-5/h1-2,5,8H,3H2. The normalized spacial score (nSPS) is 25.7. The highest BCUT2D eigenvalue weighted by Gasteiger charge is 2.15. The third-order valence-electron chi connectivity index (χ3n) is 1.14. The molecule has 0 aromatic rings. The van der Waals surface area contributed by atoms with Gasteiger partial charge in [0.2, 0.25) is 0 Å². The van der Waals surface area contributed by atoms with Gasteiger partial charge in [-0.2, -0.15) is 5.26 Å². The van der Waals surface area contributed by atoms with E-state index in [0.717, 1.165) is 0 Å². The highest BCUT2D eigenvalue weighted by molar-refractivity contribution is 5.97. The average Bonchev–Trinajstić information content (AvgIpc) is 1.89. The van der Waals surface area contributed by atoms with E-state index in [-0.39, 0.29) is 5.78 Å². The average molecular weight is 122 g/mol. The van der Waals surface area contributed by atoms with Gasteiger partial charge in [-0.25, -0.2) is 0 Å². The monoisotopic (exact) mass is 122 g/mol. The number of ketones is 1. The van der Waals surface area contributed by atoms with Gasteiger partial charge in [-0.3, -0.25) is 10.1 Å². The minimum Gasteiger partial charge on any atom is -0.292 e. The summed E-state index contributed by atoms with van der Waals surface area (Å²) in [6.45, 7) is 0.615. The lowest BCUT2D eigenvalue weighted by Gasteiger charge is -2.09. The number of hydrogen-bond donors (Lipinski definition) is 1. The Balaban J connectivity index is 2.69. The van der Waals surface area contributed by atoms with Crippen molar-refractivity contribution in [3.63, 3.8) is 0 Å². The topological polar surface area (TPSA) is 52.9 Å². The first-order valence-electron chi connectivity index (χ1n) is 2.68. The van der Waals surface area contributed by atoms with Gasteiger partial charge < -0.3 is 0 Å². The van der Waals surface area contributed by atoms with Crippen molar-refractivity contribution in [2.75, 3.05) is 6.54 Å². The van der Waals surface area contributed by atoms with Gasteiger partial charge in [0.25, 0.3) is 0 Å². The third kappa shape index (κ3) is 1.15. The second-order valence-electron chi connectivity index (χ2n) is 1.78. The lowest BCUT2D eigenvalue weighted by atomic mass is 10.1. The van der Waals surface area contributed by atoms with Gasteiger partial charge >= 0.3 is 0 Å². The molecule has 0 amide bonds. The molecule has 1 N–H and O–H groups in total. The first-order valence-corrected chi connectivity index (χ1v) is 2.68. The van der Waals surface area contributed by atoms with Crippen molar-refractivity contribution in [2.45, 2.75) is 6.04 Å². The van der Waals surface area contributed by atoms with Crippen molar-refractivity contribution in [3.8, 4) is 6.07 Å². The van der Waals surface area contributed by atoms with Crippen molar-refractivity contribution in [1.29, 1.82) is 5.26 Å². The zero-order valence-corrected chi connectivity index (χ0v) is 4.79. The molecule has 1 aliphatic heterocycles. The number of carbonyl (C=O) groups excluding carboxylic acids is 1. The molecular formula is C6H6N2O. The van der Waals surface area contributed by atoms with E-state index in [9.17, 15) is 4.79 Å². The maximum Gasteiger partial charge on any atom is 0.186 e. The summed E-state index contributed by atoms with van der Waals surface area (Å²) in [5.41, 5.74) is 0. The van der Waals surface area contributed by atoms with Crippen LogP contribution in [0.1, 0.15) is 0 Å². The van der Waals surface area contributed by atoms with Crippen LogP contribution >= 0.6 is 0 Å². The molecule has 46 valence electrons. The zero-order chi connectivity index (χ0) is 6.69. The summed E-state index contributed by atoms with van der Waals surface area (Å²) in [5.74, 6) is -0.149. The maximum absolute atomic E-state index is 10.7. The fourth-order valence-electron chi connectivity index (χ4n) is 0.667. The lowest BCUT2D eigenvalue weighted by molar-refractivity contribution is -0.115. The molecule has 3 heteroatoms. The van der Waals surface area contributed by atoms with Crippen molar-refractivity contribution >= 4 is 5.78 Å². The minimum atomic E-state index is -0.616. The highest BCUT2D eigenvalue weighted by atomic mass is 16.1. The molecule has 0 aromatic heterocycles. The molecule has 0 saturated carbocycles. The Morgan fingerprint density at radius 1 is 1.89 bits per heavy atom. The third-order valence-corrected chi connectivity index (χ3v) is 1.14. The van der Waals surface area contributed by atoms with Crippen LogP contribution < -0.4 is 5.32 Å². The van der Waals surface area contributed by atoms with Crippen LogP contribution in [0, 0.1) is 11.3 Å². The zero-order valence-electron chi connectivity index (χ0n) is 4.79. The molecule has 0 saturated heterocycles. The van der Waals surface area contributed by atoms with Gasteiger partial charge in [0.05, 0.1) is 6.07 Å². The van der Waals surface area contributed by atoms with Crippen LogP contribution in [-0.2, 0) is 4.79 Å². The van der Waals surface area contributed by atoms with E-state index in [4.69, 9.17) is 5.26 Å². The van der Waals surface area contributed by atoms with Gasteiger partial charge in [0.15, 0.2) is 11.8 Å². The number of carbonyl (C=O) groups is 1. The summed E-state index contributed by atoms with van der Waals surface area (Å²) < 4.78 is 0. The summed E-state index contributed by atoms with van der Waals surface area (Å²) in [5, 5.41) is 11.0. The van der Waals surface area contributed by atoms with Gasteiger partial charge in [0, 0.05) is 6.54 Å². The largest absolute Gasteiger partial charge is 0.292 e. The van der Waals surface area contributed by atoms with Gasteiger partial charge in [-0.1, -0.05) is 6.08 Å². The number of nitrogens with zero attached hydrogens (tertiary/aromatic N) is 1. The predicted molar refractivity (Wildman–Crippen MR) is 31.6 cm³/mol. The summed E-state index contributed by atoms with van der Waals surface area (Å²) in [7, 11) is 0. The first-order chi connectivity index (χ1) is 4.34.